The zero-order chi connectivity index (χ0) is 18.5. The van der Waals surface area contributed by atoms with Crippen molar-refractivity contribution in [1.29, 1.82) is 0 Å². The van der Waals surface area contributed by atoms with E-state index >= 15 is 0 Å². The van der Waals surface area contributed by atoms with Gasteiger partial charge in [-0.05, 0) is 29.3 Å². The lowest BCUT2D eigenvalue weighted by atomic mass is 10.2. The number of nitrogens with one attached hydrogen (secondary N) is 1. The van der Waals surface area contributed by atoms with Gasteiger partial charge in [0.2, 0.25) is 5.88 Å². The molecule has 0 aliphatic rings. The van der Waals surface area contributed by atoms with E-state index in [9.17, 15) is 19.1 Å². The van der Waals surface area contributed by atoms with Gasteiger partial charge in [0.1, 0.15) is 11.4 Å². The number of pyridine rings is 1. The molecular weight excluding hydrogens is 339 g/mol. The zero-order valence-electron chi connectivity index (χ0n) is 13.6. The van der Waals surface area contributed by atoms with Gasteiger partial charge < -0.3 is 5.11 Å². The lowest BCUT2D eigenvalue weighted by Crippen LogP contribution is -2.32. The van der Waals surface area contributed by atoms with Gasteiger partial charge in [0, 0.05) is 18.6 Å². The molecule has 0 bridgehead atoms. The third kappa shape index (κ3) is 3.92. The van der Waals surface area contributed by atoms with Crippen LogP contribution in [0.5, 0.6) is 5.88 Å². The topological polar surface area (TPSA) is 100 Å². The van der Waals surface area contributed by atoms with Crippen LogP contribution in [-0.2, 0) is 13.1 Å². The molecular formula is C18H15FN4O3. The summed E-state index contributed by atoms with van der Waals surface area (Å²) in [5.41, 5.74) is -0.206. The van der Waals surface area contributed by atoms with Crippen molar-refractivity contribution in [2.45, 2.75) is 13.1 Å². The van der Waals surface area contributed by atoms with E-state index in [0.717, 1.165) is 10.1 Å². The monoisotopic (exact) mass is 354 g/mol. The number of aliphatic imine (C=N–C) groups is 1. The van der Waals surface area contributed by atoms with Gasteiger partial charge in [-0.3, -0.25) is 24.3 Å². The summed E-state index contributed by atoms with van der Waals surface area (Å²) in [6.07, 6.45) is 4.48. The van der Waals surface area contributed by atoms with E-state index in [0.29, 0.717) is 5.56 Å². The van der Waals surface area contributed by atoms with Gasteiger partial charge in [0.25, 0.3) is 5.56 Å². The third-order valence-electron chi connectivity index (χ3n) is 3.68. The van der Waals surface area contributed by atoms with Crippen molar-refractivity contribution in [1.82, 2.24) is 14.5 Å². The van der Waals surface area contributed by atoms with Gasteiger partial charge in [0.05, 0.1) is 13.1 Å². The molecule has 0 aliphatic heterocycles. The molecule has 0 aliphatic carbocycles. The molecule has 0 spiro atoms. The molecule has 2 heterocycles. The number of nitrogens with zero attached hydrogens (tertiary/aromatic N) is 3. The van der Waals surface area contributed by atoms with Crippen molar-refractivity contribution < 1.29 is 9.50 Å². The summed E-state index contributed by atoms with van der Waals surface area (Å²) < 4.78 is 14.0. The zero-order valence-corrected chi connectivity index (χ0v) is 13.6. The number of rotatable bonds is 5. The average Bonchev–Trinajstić information content (AvgIpc) is 2.64. The Kier molecular flexibility index (Phi) is 5.02. The highest BCUT2D eigenvalue weighted by atomic mass is 19.1. The van der Waals surface area contributed by atoms with Crippen molar-refractivity contribution in [3.63, 3.8) is 0 Å². The van der Waals surface area contributed by atoms with Crippen LogP contribution in [0.3, 0.4) is 0 Å². The summed E-state index contributed by atoms with van der Waals surface area (Å²) in [5, 5.41) is 10.3. The van der Waals surface area contributed by atoms with Crippen LogP contribution in [0.25, 0.3) is 0 Å². The summed E-state index contributed by atoms with van der Waals surface area (Å²) >= 11 is 0. The van der Waals surface area contributed by atoms with Crippen molar-refractivity contribution in [3.05, 3.63) is 92.1 Å². The van der Waals surface area contributed by atoms with E-state index in [1.165, 1.54) is 30.5 Å². The Morgan fingerprint density at radius 3 is 2.65 bits per heavy atom. The highest BCUT2D eigenvalue weighted by molar-refractivity contribution is 5.81. The van der Waals surface area contributed by atoms with Gasteiger partial charge in [-0.15, -0.1) is 0 Å². The van der Waals surface area contributed by atoms with Crippen molar-refractivity contribution in [2.75, 3.05) is 0 Å². The first-order valence-corrected chi connectivity index (χ1v) is 7.74. The Morgan fingerprint density at radius 1 is 1.19 bits per heavy atom. The highest BCUT2D eigenvalue weighted by Gasteiger charge is 2.13. The molecule has 0 fully saturated rings. The standard InChI is InChI=1S/C18H15FN4O3/c19-14-5-3-12(4-6-14)11-23-17(25)15(16(24)22-18(23)26)10-21-9-13-2-1-7-20-8-13/h1-8,10,25H,9,11H2,(H,22,24,26). The first-order valence-electron chi connectivity index (χ1n) is 7.74. The fourth-order valence-electron chi connectivity index (χ4n) is 2.34. The van der Waals surface area contributed by atoms with Crippen LogP contribution >= 0.6 is 0 Å². The lowest BCUT2D eigenvalue weighted by molar-refractivity contribution is 0.408. The van der Waals surface area contributed by atoms with E-state index in [4.69, 9.17) is 0 Å². The fourth-order valence-corrected chi connectivity index (χ4v) is 2.34. The van der Waals surface area contributed by atoms with Crippen LogP contribution in [0.1, 0.15) is 16.7 Å². The molecule has 2 aromatic heterocycles. The molecule has 1 aromatic carbocycles. The number of hydrogen-bond donors (Lipinski definition) is 2. The van der Waals surface area contributed by atoms with E-state index in [-0.39, 0.29) is 18.7 Å². The molecule has 26 heavy (non-hydrogen) atoms. The Bertz CT molecular complexity index is 1040. The summed E-state index contributed by atoms with van der Waals surface area (Å²) in [6.45, 7) is 0.245. The van der Waals surface area contributed by atoms with Crippen LogP contribution in [0, 0.1) is 5.82 Å². The van der Waals surface area contributed by atoms with Crippen molar-refractivity contribution in [3.8, 4) is 5.88 Å². The molecule has 0 saturated carbocycles. The van der Waals surface area contributed by atoms with Gasteiger partial charge in [-0.2, -0.15) is 0 Å². The number of benzene rings is 1. The molecule has 132 valence electrons. The molecule has 0 atom stereocenters. The SMILES string of the molecule is O=c1[nH]c(=O)n(Cc2ccc(F)cc2)c(O)c1C=NCc1cccnc1. The Labute approximate surface area is 147 Å². The first kappa shape index (κ1) is 17.3. The summed E-state index contributed by atoms with van der Waals surface area (Å²) in [4.78, 5) is 34.2. The summed E-state index contributed by atoms with van der Waals surface area (Å²) in [6, 6.07) is 9.06. The van der Waals surface area contributed by atoms with Gasteiger partial charge in [0.15, 0.2) is 0 Å². The predicted molar refractivity (Wildman–Crippen MR) is 94.0 cm³/mol. The average molecular weight is 354 g/mol. The second-order valence-corrected chi connectivity index (χ2v) is 5.54. The maximum Gasteiger partial charge on any atom is 0.331 e. The normalized spacial score (nSPS) is 11.1. The summed E-state index contributed by atoms with van der Waals surface area (Å²) in [7, 11) is 0. The van der Waals surface area contributed by atoms with Gasteiger partial charge in [-0.25, -0.2) is 9.18 Å². The number of H-pyrrole nitrogens is 1. The van der Waals surface area contributed by atoms with Crippen LogP contribution in [-0.4, -0.2) is 25.9 Å². The molecule has 2 N–H and O–H groups in total. The number of aromatic amines is 1. The smallest absolute Gasteiger partial charge is 0.331 e. The molecule has 0 saturated heterocycles. The van der Waals surface area contributed by atoms with Gasteiger partial charge in [-0.1, -0.05) is 18.2 Å². The molecule has 8 heteroatoms. The largest absolute Gasteiger partial charge is 0.494 e. The van der Waals surface area contributed by atoms with Crippen molar-refractivity contribution in [2.24, 2.45) is 4.99 Å². The maximum atomic E-state index is 13.0. The van der Waals surface area contributed by atoms with E-state index in [2.05, 4.69) is 15.0 Å². The quantitative estimate of drug-likeness (QED) is 0.677. The Balaban J connectivity index is 1.90. The van der Waals surface area contributed by atoms with Crippen LogP contribution < -0.4 is 11.2 Å². The minimum absolute atomic E-state index is 0.0226. The number of hydrogen-bond acceptors (Lipinski definition) is 5. The fraction of sp³-hybridized carbons (Fsp3) is 0.111. The van der Waals surface area contributed by atoms with Crippen molar-refractivity contribution >= 4 is 6.21 Å². The summed E-state index contributed by atoms with van der Waals surface area (Å²) in [5.74, 6) is -0.909. The lowest BCUT2D eigenvalue weighted by Gasteiger charge is -2.09. The molecule has 3 aromatic rings. The van der Waals surface area contributed by atoms with Crippen LogP contribution in [0.2, 0.25) is 0 Å². The third-order valence-corrected chi connectivity index (χ3v) is 3.68. The molecule has 0 amide bonds. The molecule has 3 rings (SSSR count). The second kappa shape index (κ2) is 7.56. The molecule has 0 radical (unpaired) electrons. The van der Waals surface area contributed by atoms with Crippen LogP contribution in [0.15, 0.2) is 63.4 Å². The van der Waals surface area contributed by atoms with E-state index in [1.54, 1.807) is 18.5 Å². The second-order valence-electron chi connectivity index (χ2n) is 5.54. The Hall–Kier alpha value is -3.55. The number of aromatic hydroxyl groups is 1. The number of halogens is 1. The first-order chi connectivity index (χ1) is 12.5. The van der Waals surface area contributed by atoms with E-state index < -0.39 is 22.9 Å². The maximum absolute atomic E-state index is 13.0. The van der Waals surface area contributed by atoms with E-state index in [1.807, 2.05) is 6.07 Å². The predicted octanol–water partition coefficient (Wildman–Crippen LogP) is 1.44. The number of aromatic nitrogens is 3. The minimum atomic E-state index is -0.763. The minimum Gasteiger partial charge on any atom is -0.494 e. The van der Waals surface area contributed by atoms with Crippen LogP contribution in [0.4, 0.5) is 4.39 Å². The highest BCUT2D eigenvalue weighted by Crippen LogP contribution is 2.12. The molecule has 7 nitrogen and oxygen atoms in total. The van der Waals surface area contributed by atoms with Gasteiger partial charge >= 0.3 is 5.69 Å². The molecule has 0 unspecified atom stereocenters. The Morgan fingerprint density at radius 2 is 1.96 bits per heavy atom.